The number of hydrogen-bond donors (Lipinski definition) is 3. The van der Waals surface area contributed by atoms with Gasteiger partial charge in [0.05, 0.1) is 28.2 Å². The standard InChI is InChI=1S/C30H35ClN8O.C2H4O2/c1-37-12-14-38(15-13-37)20-7-9-21(10-8-20)39-30-27(29(32)33-18-34-30)28(36-39)19-6-11-24(23(31)16-19)35-25-17-40-26-5-3-2-4-22(25)26;1-2(3)4/h2-6,11,16,18,20-21,25,35H,7-10,12-15,17H2,1H3,(H2,32,33,34);1H3,(H,3,4)/t20-,21-,25?;. The van der Waals surface area contributed by atoms with Crippen molar-refractivity contribution in [3.05, 3.63) is 59.4 Å². The molecule has 2 aromatic carbocycles. The highest BCUT2D eigenvalue weighted by molar-refractivity contribution is 6.33. The number of nitrogens with zero attached hydrogens (tertiary/aromatic N) is 6. The summed E-state index contributed by atoms with van der Waals surface area (Å²) in [7, 11) is 2.21. The molecule has 0 spiro atoms. The number of carboxylic acids is 1. The number of carbonyl (C=O) groups is 1. The van der Waals surface area contributed by atoms with Gasteiger partial charge in [0.25, 0.3) is 5.97 Å². The number of aromatic nitrogens is 4. The fourth-order valence-corrected chi connectivity index (χ4v) is 6.79. The van der Waals surface area contributed by atoms with Crippen LogP contribution in [0.4, 0.5) is 11.5 Å². The predicted octanol–water partition coefficient (Wildman–Crippen LogP) is 5.10. The molecule has 44 heavy (non-hydrogen) atoms. The number of nitrogens with two attached hydrogens (primary N) is 1. The molecule has 1 atom stereocenters. The number of para-hydroxylation sites is 1. The zero-order chi connectivity index (χ0) is 30.8. The third-order valence-electron chi connectivity index (χ3n) is 8.86. The lowest BCUT2D eigenvalue weighted by Crippen LogP contribution is -2.49. The number of nitrogens with one attached hydrogen (secondary N) is 1. The third kappa shape index (κ3) is 6.31. The van der Waals surface area contributed by atoms with Gasteiger partial charge in [0, 0.05) is 50.3 Å². The SMILES string of the molecule is CC(=O)O.CN1CCN([C@H]2CC[C@H](n3nc(-c4ccc(NC5COc6ccccc65)c(Cl)c4)c4c(N)ncnc43)CC2)CC1. The predicted molar refractivity (Wildman–Crippen MR) is 172 cm³/mol. The van der Waals surface area contributed by atoms with Crippen LogP contribution in [0.5, 0.6) is 5.75 Å². The molecule has 1 aliphatic carbocycles. The minimum atomic E-state index is -0.833. The van der Waals surface area contributed by atoms with E-state index in [1.54, 1.807) is 0 Å². The van der Waals surface area contributed by atoms with Crippen molar-refractivity contribution < 1.29 is 14.6 Å². The number of likely N-dealkylation sites (N-methyl/N-ethyl adjacent to an activating group) is 1. The number of benzene rings is 2. The molecule has 4 heterocycles. The highest BCUT2D eigenvalue weighted by atomic mass is 35.5. The molecule has 4 aromatic rings. The number of fused-ring (bicyclic) bond motifs is 2. The summed E-state index contributed by atoms with van der Waals surface area (Å²) in [6.45, 7) is 6.29. The van der Waals surface area contributed by atoms with E-state index in [2.05, 4.69) is 42.9 Å². The first-order valence-electron chi connectivity index (χ1n) is 15.2. The molecule has 0 bridgehead atoms. The van der Waals surface area contributed by atoms with Gasteiger partial charge < -0.3 is 25.8 Å². The first kappa shape index (κ1) is 30.1. The molecule has 1 saturated heterocycles. The van der Waals surface area contributed by atoms with E-state index in [1.165, 1.54) is 19.2 Å². The second-order valence-corrected chi connectivity index (χ2v) is 12.2. The van der Waals surface area contributed by atoms with Gasteiger partial charge >= 0.3 is 0 Å². The Labute approximate surface area is 262 Å². The molecule has 4 N–H and O–H groups in total. The average molecular weight is 619 g/mol. The number of hydrogen-bond acceptors (Lipinski definition) is 9. The minimum Gasteiger partial charge on any atom is -0.491 e. The van der Waals surface area contributed by atoms with Crippen LogP contribution < -0.4 is 15.8 Å². The van der Waals surface area contributed by atoms with Crippen LogP contribution in [0, 0.1) is 0 Å². The minimum absolute atomic E-state index is 0.0459. The van der Waals surface area contributed by atoms with Crippen LogP contribution in [0.3, 0.4) is 0 Å². The Morgan fingerprint density at radius 3 is 2.48 bits per heavy atom. The molecule has 232 valence electrons. The van der Waals surface area contributed by atoms with Crippen LogP contribution in [0.15, 0.2) is 48.8 Å². The topological polar surface area (TPSA) is 135 Å². The smallest absolute Gasteiger partial charge is 0.300 e. The quantitative estimate of drug-likeness (QED) is 0.277. The number of carboxylic acid groups (broad SMARTS) is 1. The summed E-state index contributed by atoms with van der Waals surface area (Å²) in [5, 5.41) is 17.5. The van der Waals surface area contributed by atoms with Gasteiger partial charge in [-0.1, -0.05) is 35.9 Å². The van der Waals surface area contributed by atoms with E-state index in [-0.39, 0.29) is 12.1 Å². The Morgan fingerprint density at radius 1 is 1.05 bits per heavy atom. The third-order valence-corrected chi connectivity index (χ3v) is 9.17. The first-order valence-corrected chi connectivity index (χ1v) is 15.5. The lowest BCUT2D eigenvalue weighted by Gasteiger charge is -2.41. The number of aliphatic carboxylic acids is 1. The van der Waals surface area contributed by atoms with Crippen molar-refractivity contribution in [3.8, 4) is 17.0 Å². The molecule has 0 amide bonds. The zero-order valence-electron chi connectivity index (χ0n) is 25.1. The van der Waals surface area contributed by atoms with Gasteiger partial charge in [-0.3, -0.25) is 9.69 Å². The molecule has 7 rings (SSSR count). The van der Waals surface area contributed by atoms with Gasteiger partial charge in [0.1, 0.15) is 30.2 Å². The summed E-state index contributed by atoms with van der Waals surface area (Å²) in [6.07, 6.45) is 6.03. The van der Waals surface area contributed by atoms with Crippen molar-refractivity contribution in [2.75, 3.05) is 50.9 Å². The Balaban J connectivity index is 0.000000810. The van der Waals surface area contributed by atoms with E-state index < -0.39 is 5.97 Å². The fraction of sp³-hybridized carbons (Fsp3) is 0.438. The Hall–Kier alpha value is -3.93. The van der Waals surface area contributed by atoms with E-state index in [0.717, 1.165) is 85.2 Å². The number of piperazine rings is 1. The fourth-order valence-electron chi connectivity index (χ4n) is 6.56. The Morgan fingerprint density at radius 2 is 1.75 bits per heavy atom. The Bertz CT molecular complexity index is 1630. The molecule has 2 aliphatic heterocycles. The lowest BCUT2D eigenvalue weighted by molar-refractivity contribution is -0.134. The number of halogens is 1. The van der Waals surface area contributed by atoms with Crippen molar-refractivity contribution in [1.29, 1.82) is 0 Å². The summed E-state index contributed by atoms with van der Waals surface area (Å²) < 4.78 is 7.93. The molecule has 12 heteroatoms. The van der Waals surface area contributed by atoms with Gasteiger partial charge in [-0.2, -0.15) is 5.10 Å². The van der Waals surface area contributed by atoms with Crippen molar-refractivity contribution in [1.82, 2.24) is 29.5 Å². The highest BCUT2D eigenvalue weighted by Crippen LogP contribution is 2.40. The molecule has 3 aliphatic rings. The molecule has 0 radical (unpaired) electrons. The average Bonchev–Trinajstić information content (AvgIpc) is 3.61. The van der Waals surface area contributed by atoms with Gasteiger partial charge in [-0.15, -0.1) is 0 Å². The maximum atomic E-state index is 9.00. The maximum Gasteiger partial charge on any atom is 0.300 e. The van der Waals surface area contributed by atoms with Crippen molar-refractivity contribution in [2.45, 2.75) is 50.7 Å². The summed E-state index contributed by atoms with van der Waals surface area (Å²) >= 11 is 6.82. The summed E-state index contributed by atoms with van der Waals surface area (Å²) in [5.74, 6) is 0.521. The highest BCUT2D eigenvalue weighted by Gasteiger charge is 2.31. The summed E-state index contributed by atoms with van der Waals surface area (Å²) in [5.41, 5.74) is 10.9. The van der Waals surface area contributed by atoms with Gasteiger partial charge in [0.15, 0.2) is 5.65 Å². The maximum absolute atomic E-state index is 9.00. The Kier molecular flexibility index (Phi) is 8.88. The molecule has 2 fully saturated rings. The molecular weight excluding hydrogens is 580 g/mol. The van der Waals surface area contributed by atoms with Crippen molar-refractivity contribution in [3.63, 3.8) is 0 Å². The second-order valence-electron chi connectivity index (χ2n) is 11.8. The number of anilines is 2. The molecular formula is C32H39ClN8O3. The lowest BCUT2D eigenvalue weighted by atomic mass is 9.90. The molecule has 2 aromatic heterocycles. The molecule has 1 saturated carbocycles. The number of rotatable bonds is 5. The number of ether oxygens (including phenoxy) is 1. The number of nitrogen functional groups attached to an aromatic ring is 1. The van der Waals surface area contributed by atoms with Crippen LogP contribution in [0.25, 0.3) is 22.3 Å². The van der Waals surface area contributed by atoms with Crippen LogP contribution >= 0.6 is 11.6 Å². The van der Waals surface area contributed by atoms with Crippen molar-refractivity contribution >= 4 is 40.1 Å². The van der Waals surface area contributed by atoms with Gasteiger partial charge in [-0.25, -0.2) is 14.6 Å². The summed E-state index contributed by atoms with van der Waals surface area (Å²) in [6, 6.07) is 15.1. The van der Waals surface area contributed by atoms with Crippen LogP contribution in [0.1, 0.15) is 50.3 Å². The largest absolute Gasteiger partial charge is 0.491 e. The molecule has 11 nitrogen and oxygen atoms in total. The van der Waals surface area contributed by atoms with Gasteiger partial charge in [0.2, 0.25) is 0 Å². The monoisotopic (exact) mass is 618 g/mol. The van der Waals surface area contributed by atoms with E-state index in [1.807, 2.05) is 36.4 Å². The van der Waals surface area contributed by atoms with Gasteiger partial charge in [-0.05, 0) is 50.9 Å². The summed E-state index contributed by atoms with van der Waals surface area (Å²) in [4.78, 5) is 23.0. The van der Waals surface area contributed by atoms with Crippen molar-refractivity contribution in [2.24, 2.45) is 0 Å². The van der Waals surface area contributed by atoms with E-state index in [9.17, 15) is 0 Å². The van der Waals surface area contributed by atoms with Crippen LogP contribution in [-0.4, -0.2) is 86.5 Å². The van der Waals surface area contributed by atoms with E-state index in [4.69, 9.17) is 37.1 Å². The molecule has 1 unspecified atom stereocenters. The van der Waals surface area contributed by atoms with E-state index in [0.29, 0.717) is 23.5 Å². The normalized spacial score (nSPS) is 22.1. The first-order chi connectivity index (χ1) is 21.3. The van der Waals surface area contributed by atoms with Crippen LogP contribution in [-0.2, 0) is 4.79 Å². The van der Waals surface area contributed by atoms with Crippen LogP contribution in [0.2, 0.25) is 5.02 Å². The second kappa shape index (κ2) is 13.0. The zero-order valence-corrected chi connectivity index (χ0v) is 25.9. The van der Waals surface area contributed by atoms with E-state index >= 15 is 0 Å².